The molecule has 0 N–H and O–H groups in total. The molecule has 29 heavy (non-hydrogen) atoms. The van der Waals surface area contributed by atoms with Gasteiger partial charge in [-0.2, -0.15) is 0 Å². The number of hydrogen-bond acceptors (Lipinski definition) is 5. The van der Waals surface area contributed by atoms with Crippen molar-refractivity contribution >= 4 is 11.8 Å². The van der Waals surface area contributed by atoms with E-state index in [9.17, 15) is 9.59 Å². The van der Waals surface area contributed by atoms with Gasteiger partial charge in [0.05, 0.1) is 0 Å². The van der Waals surface area contributed by atoms with E-state index in [1.807, 2.05) is 54.0 Å². The SMILES string of the molecule is CCN(CC)C(=O)C1CCN(C(=O)CCCc2nnc(-c3ccccc3)o2)CC1. The van der Waals surface area contributed by atoms with Crippen LogP contribution in [0.1, 0.15) is 45.4 Å². The van der Waals surface area contributed by atoms with Crippen LogP contribution in [0, 0.1) is 5.92 Å². The molecule has 1 aliphatic heterocycles. The van der Waals surface area contributed by atoms with E-state index in [0.717, 1.165) is 31.5 Å². The van der Waals surface area contributed by atoms with Crippen LogP contribution in [0.4, 0.5) is 0 Å². The molecule has 1 aromatic carbocycles. The molecule has 0 bridgehead atoms. The van der Waals surface area contributed by atoms with E-state index in [1.54, 1.807) is 0 Å². The molecule has 0 atom stereocenters. The summed E-state index contributed by atoms with van der Waals surface area (Å²) in [5, 5.41) is 8.16. The van der Waals surface area contributed by atoms with Crippen LogP contribution in [0.2, 0.25) is 0 Å². The van der Waals surface area contributed by atoms with Gasteiger partial charge in [-0.25, -0.2) is 0 Å². The Balaban J connectivity index is 1.41. The second-order valence-corrected chi connectivity index (χ2v) is 7.39. The summed E-state index contributed by atoms with van der Waals surface area (Å²) in [5.74, 6) is 1.48. The Labute approximate surface area is 172 Å². The molecule has 1 saturated heterocycles. The predicted molar refractivity (Wildman–Crippen MR) is 110 cm³/mol. The smallest absolute Gasteiger partial charge is 0.247 e. The van der Waals surface area contributed by atoms with Gasteiger partial charge in [-0.1, -0.05) is 18.2 Å². The van der Waals surface area contributed by atoms with Crippen molar-refractivity contribution in [2.75, 3.05) is 26.2 Å². The molecule has 1 aliphatic rings. The van der Waals surface area contributed by atoms with Crippen molar-refractivity contribution < 1.29 is 14.0 Å². The van der Waals surface area contributed by atoms with E-state index in [-0.39, 0.29) is 17.7 Å². The molecule has 2 heterocycles. The van der Waals surface area contributed by atoms with Crippen molar-refractivity contribution in [3.63, 3.8) is 0 Å². The van der Waals surface area contributed by atoms with Crippen LogP contribution in [0.5, 0.6) is 0 Å². The van der Waals surface area contributed by atoms with Crippen LogP contribution in [0.15, 0.2) is 34.7 Å². The summed E-state index contributed by atoms with van der Waals surface area (Å²) in [6.45, 7) is 6.83. The molecule has 7 heteroatoms. The lowest BCUT2D eigenvalue weighted by atomic mass is 9.95. The first-order chi connectivity index (χ1) is 14.1. The molecule has 2 amide bonds. The first kappa shape index (κ1) is 21.0. The van der Waals surface area contributed by atoms with Gasteiger partial charge in [-0.3, -0.25) is 9.59 Å². The van der Waals surface area contributed by atoms with E-state index >= 15 is 0 Å². The van der Waals surface area contributed by atoms with Crippen molar-refractivity contribution in [1.82, 2.24) is 20.0 Å². The minimum absolute atomic E-state index is 0.0498. The third kappa shape index (κ3) is 5.43. The van der Waals surface area contributed by atoms with Gasteiger partial charge in [0, 0.05) is 50.5 Å². The number of amides is 2. The van der Waals surface area contributed by atoms with Crippen LogP contribution < -0.4 is 0 Å². The lowest BCUT2D eigenvalue weighted by Crippen LogP contribution is -2.44. The molecule has 0 saturated carbocycles. The Hall–Kier alpha value is -2.70. The van der Waals surface area contributed by atoms with Crippen molar-refractivity contribution in [1.29, 1.82) is 0 Å². The number of carbonyl (C=O) groups is 2. The highest BCUT2D eigenvalue weighted by Gasteiger charge is 2.29. The highest BCUT2D eigenvalue weighted by Crippen LogP contribution is 2.21. The zero-order chi connectivity index (χ0) is 20.6. The normalized spacial score (nSPS) is 14.8. The fourth-order valence-electron chi connectivity index (χ4n) is 3.77. The number of nitrogens with zero attached hydrogens (tertiary/aromatic N) is 4. The number of aromatic nitrogens is 2. The van der Waals surface area contributed by atoms with Gasteiger partial charge in [-0.15, -0.1) is 10.2 Å². The molecule has 0 unspecified atom stereocenters. The Morgan fingerprint density at radius 1 is 1.10 bits per heavy atom. The second-order valence-electron chi connectivity index (χ2n) is 7.39. The third-order valence-corrected chi connectivity index (χ3v) is 5.54. The maximum atomic E-state index is 12.5. The summed E-state index contributed by atoms with van der Waals surface area (Å²) in [5.41, 5.74) is 0.893. The summed E-state index contributed by atoms with van der Waals surface area (Å²) < 4.78 is 5.69. The Kier molecular flexibility index (Phi) is 7.38. The van der Waals surface area contributed by atoms with Gasteiger partial charge < -0.3 is 14.2 Å². The summed E-state index contributed by atoms with van der Waals surface area (Å²) in [6.07, 6.45) is 3.23. The zero-order valence-corrected chi connectivity index (χ0v) is 17.3. The van der Waals surface area contributed by atoms with Crippen LogP contribution in [-0.2, 0) is 16.0 Å². The third-order valence-electron chi connectivity index (χ3n) is 5.54. The monoisotopic (exact) mass is 398 g/mol. The molecule has 2 aromatic rings. The Bertz CT molecular complexity index is 793. The van der Waals surface area contributed by atoms with E-state index in [2.05, 4.69) is 10.2 Å². The minimum atomic E-state index is 0.0498. The van der Waals surface area contributed by atoms with Crippen molar-refractivity contribution in [3.05, 3.63) is 36.2 Å². The van der Waals surface area contributed by atoms with Gasteiger partial charge >= 0.3 is 0 Å². The van der Waals surface area contributed by atoms with Crippen molar-refractivity contribution in [3.8, 4) is 11.5 Å². The van der Waals surface area contributed by atoms with Gasteiger partial charge in [0.25, 0.3) is 0 Å². The summed E-state index contributed by atoms with van der Waals surface area (Å²) in [6, 6.07) is 9.65. The first-order valence-corrected chi connectivity index (χ1v) is 10.6. The Morgan fingerprint density at radius 2 is 1.79 bits per heavy atom. The molecular formula is C22H30N4O3. The maximum absolute atomic E-state index is 12.5. The number of rotatable bonds is 8. The fraction of sp³-hybridized carbons (Fsp3) is 0.545. The topological polar surface area (TPSA) is 79.5 Å². The molecule has 0 radical (unpaired) electrons. The summed E-state index contributed by atoms with van der Waals surface area (Å²) in [7, 11) is 0. The fourth-order valence-corrected chi connectivity index (χ4v) is 3.77. The minimum Gasteiger partial charge on any atom is -0.421 e. The highest BCUT2D eigenvalue weighted by molar-refractivity contribution is 5.80. The predicted octanol–water partition coefficient (Wildman–Crippen LogP) is 3.17. The van der Waals surface area contributed by atoms with Gasteiger partial charge in [0.15, 0.2) is 0 Å². The Morgan fingerprint density at radius 3 is 2.45 bits per heavy atom. The molecule has 7 nitrogen and oxygen atoms in total. The number of carbonyl (C=O) groups excluding carboxylic acids is 2. The number of piperidine rings is 1. The maximum Gasteiger partial charge on any atom is 0.247 e. The highest BCUT2D eigenvalue weighted by atomic mass is 16.4. The molecule has 0 spiro atoms. The molecule has 1 aromatic heterocycles. The molecule has 1 fully saturated rings. The van der Waals surface area contributed by atoms with Gasteiger partial charge in [0.2, 0.25) is 23.6 Å². The van der Waals surface area contributed by atoms with Gasteiger partial charge in [0.1, 0.15) is 0 Å². The summed E-state index contributed by atoms with van der Waals surface area (Å²) in [4.78, 5) is 28.7. The molecule has 3 rings (SSSR count). The second kappa shape index (κ2) is 10.2. The van der Waals surface area contributed by atoms with Crippen LogP contribution in [-0.4, -0.2) is 58.0 Å². The van der Waals surface area contributed by atoms with E-state index < -0.39 is 0 Å². The number of aryl methyl sites for hydroxylation is 1. The molecule has 0 aliphatic carbocycles. The van der Waals surface area contributed by atoms with Crippen molar-refractivity contribution in [2.24, 2.45) is 5.92 Å². The molecule has 156 valence electrons. The van der Waals surface area contributed by atoms with E-state index in [0.29, 0.717) is 44.1 Å². The lowest BCUT2D eigenvalue weighted by molar-refractivity contribution is -0.140. The standard InChI is InChI=1S/C22H30N4O3/c1-3-25(4-2)22(28)18-13-15-26(16-14-18)20(27)12-8-11-19-23-24-21(29-19)17-9-6-5-7-10-17/h5-7,9-10,18H,3-4,8,11-16H2,1-2H3. The largest absolute Gasteiger partial charge is 0.421 e. The summed E-state index contributed by atoms with van der Waals surface area (Å²) >= 11 is 0. The number of hydrogen-bond donors (Lipinski definition) is 0. The number of likely N-dealkylation sites (tertiary alicyclic amines) is 1. The van der Waals surface area contributed by atoms with Gasteiger partial charge in [-0.05, 0) is 45.2 Å². The van der Waals surface area contributed by atoms with E-state index in [1.165, 1.54) is 0 Å². The molecular weight excluding hydrogens is 368 g/mol. The van der Waals surface area contributed by atoms with Crippen molar-refractivity contribution in [2.45, 2.75) is 46.0 Å². The zero-order valence-electron chi connectivity index (χ0n) is 17.3. The lowest BCUT2D eigenvalue weighted by Gasteiger charge is -2.33. The average Bonchev–Trinajstić information content (AvgIpc) is 3.24. The first-order valence-electron chi connectivity index (χ1n) is 10.6. The van der Waals surface area contributed by atoms with E-state index in [4.69, 9.17) is 4.42 Å². The van der Waals surface area contributed by atoms with Crippen LogP contribution in [0.3, 0.4) is 0 Å². The number of benzene rings is 1. The van der Waals surface area contributed by atoms with Crippen LogP contribution in [0.25, 0.3) is 11.5 Å². The van der Waals surface area contributed by atoms with Crippen LogP contribution >= 0.6 is 0 Å². The quantitative estimate of drug-likeness (QED) is 0.682. The average molecular weight is 399 g/mol.